The van der Waals surface area contributed by atoms with E-state index in [9.17, 15) is 24.1 Å². The standard InChI is InChI=1S/C20H13ClFN3O4S/c21-15-5-4-12(25(28)29)9-13(15)20(27)24-10-18(26)23-16-6-3-11(22)8-14(16)19(24)17-2-1-7-30-17/h1-9,19H,10H2,(H,23,26). The van der Waals surface area contributed by atoms with Crippen molar-refractivity contribution in [3.8, 4) is 0 Å². The third-order valence-corrected chi connectivity index (χ3v) is 5.93. The van der Waals surface area contributed by atoms with E-state index in [1.54, 1.807) is 17.5 Å². The minimum absolute atomic E-state index is 0.0136. The van der Waals surface area contributed by atoms with E-state index in [-0.39, 0.29) is 22.8 Å². The molecule has 3 aromatic rings. The quantitative estimate of drug-likeness (QED) is 0.469. The van der Waals surface area contributed by atoms with Gasteiger partial charge in [-0.25, -0.2) is 4.39 Å². The molecule has 1 aliphatic heterocycles. The Kier molecular flexibility index (Phi) is 5.23. The van der Waals surface area contributed by atoms with Crippen LogP contribution >= 0.6 is 22.9 Å². The van der Waals surface area contributed by atoms with Crippen molar-refractivity contribution in [3.63, 3.8) is 0 Å². The third-order valence-electron chi connectivity index (χ3n) is 4.67. The highest BCUT2D eigenvalue weighted by molar-refractivity contribution is 7.10. The molecule has 0 saturated heterocycles. The summed E-state index contributed by atoms with van der Waals surface area (Å²) >= 11 is 7.50. The average molecular weight is 446 g/mol. The summed E-state index contributed by atoms with van der Waals surface area (Å²) in [4.78, 5) is 38.4. The second-order valence-corrected chi connectivity index (χ2v) is 7.94. The molecule has 0 fully saturated rings. The number of thiophene rings is 1. The van der Waals surface area contributed by atoms with Crippen molar-refractivity contribution in [2.45, 2.75) is 6.04 Å². The molecule has 1 N–H and O–H groups in total. The Labute approximate surface area is 178 Å². The molecule has 7 nitrogen and oxygen atoms in total. The number of non-ortho nitro benzene ring substituents is 1. The number of halogens is 2. The molecule has 1 atom stereocenters. The maximum absolute atomic E-state index is 14.1. The number of hydrogen-bond acceptors (Lipinski definition) is 5. The van der Waals surface area contributed by atoms with Crippen molar-refractivity contribution in [1.82, 2.24) is 4.90 Å². The van der Waals surface area contributed by atoms with Gasteiger partial charge in [0.15, 0.2) is 0 Å². The van der Waals surface area contributed by atoms with Crippen LogP contribution in [0.1, 0.15) is 26.8 Å². The first-order chi connectivity index (χ1) is 14.3. The second-order valence-electron chi connectivity index (χ2n) is 6.55. The van der Waals surface area contributed by atoms with Gasteiger partial charge in [0, 0.05) is 28.3 Å². The number of rotatable bonds is 3. The van der Waals surface area contributed by atoms with Gasteiger partial charge in [0.2, 0.25) is 5.91 Å². The van der Waals surface area contributed by atoms with Gasteiger partial charge in [-0.1, -0.05) is 17.7 Å². The molecule has 4 rings (SSSR count). The van der Waals surface area contributed by atoms with E-state index in [0.29, 0.717) is 16.1 Å². The van der Waals surface area contributed by atoms with E-state index in [4.69, 9.17) is 11.6 Å². The van der Waals surface area contributed by atoms with Crippen molar-refractivity contribution < 1.29 is 18.9 Å². The van der Waals surface area contributed by atoms with Crippen LogP contribution in [0, 0.1) is 15.9 Å². The number of carbonyl (C=O) groups is 2. The smallest absolute Gasteiger partial charge is 0.270 e. The number of nitrogens with one attached hydrogen (secondary N) is 1. The number of fused-ring (bicyclic) bond motifs is 1. The van der Waals surface area contributed by atoms with Crippen molar-refractivity contribution in [2.24, 2.45) is 0 Å². The summed E-state index contributed by atoms with van der Waals surface area (Å²) in [5.74, 6) is -1.67. The minimum atomic E-state index is -0.780. The van der Waals surface area contributed by atoms with E-state index in [2.05, 4.69) is 5.32 Å². The maximum Gasteiger partial charge on any atom is 0.270 e. The molecule has 0 saturated carbocycles. The predicted octanol–water partition coefficient (Wildman–Crippen LogP) is 4.63. The first-order valence-electron chi connectivity index (χ1n) is 8.73. The molecular weight excluding hydrogens is 433 g/mol. The van der Waals surface area contributed by atoms with Gasteiger partial charge in [0.05, 0.1) is 21.6 Å². The van der Waals surface area contributed by atoms with E-state index in [0.717, 1.165) is 6.07 Å². The van der Waals surface area contributed by atoms with Crippen LogP contribution in [0.15, 0.2) is 53.9 Å². The Morgan fingerprint density at radius 2 is 2.07 bits per heavy atom. The Morgan fingerprint density at radius 1 is 1.27 bits per heavy atom. The number of amides is 2. The fourth-order valence-electron chi connectivity index (χ4n) is 3.37. The van der Waals surface area contributed by atoms with Crippen molar-refractivity contribution in [2.75, 3.05) is 11.9 Å². The third kappa shape index (κ3) is 3.64. The van der Waals surface area contributed by atoms with E-state index in [1.807, 2.05) is 0 Å². The lowest BCUT2D eigenvalue weighted by molar-refractivity contribution is -0.384. The van der Waals surface area contributed by atoms with Crippen LogP contribution in [-0.4, -0.2) is 28.2 Å². The van der Waals surface area contributed by atoms with Gasteiger partial charge in [0.1, 0.15) is 12.4 Å². The summed E-state index contributed by atoms with van der Waals surface area (Å²) < 4.78 is 14.1. The topological polar surface area (TPSA) is 92.5 Å². The number of carbonyl (C=O) groups excluding carboxylic acids is 2. The van der Waals surface area contributed by atoms with Gasteiger partial charge in [-0.15, -0.1) is 11.3 Å². The lowest BCUT2D eigenvalue weighted by Crippen LogP contribution is -2.38. The molecule has 30 heavy (non-hydrogen) atoms. The van der Waals surface area contributed by atoms with Crippen molar-refractivity contribution in [1.29, 1.82) is 0 Å². The zero-order valence-electron chi connectivity index (χ0n) is 15.2. The highest BCUT2D eigenvalue weighted by Crippen LogP contribution is 2.39. The normalized spacial score (nSPS) is 15.9. The monoisotopic (exact) mass is 445 g/mol. The fraction of sp³-hybridized carbons (Fsp3) is 0.100. The molecule has 0 spiro atoms. The zero-order valence-corrected chi connectivity index (χ0v) is 16.7. The Bertz CT molecular complexity index is 1170. The first-order valence-corrected chi connectivity index (χ1v) is 9.98. The second kappa shape index (κ2) is 7.85. The number of hydrogen-bond donors (Lipinski definition) is 1. The highest BCUT2D eigenvalue weighted by Gasteiger charge is 2.36. The van der Waals surface area contributed by atoms with Gasteiger partial charge in [-0.2, -0.15) is 0 Å². The fourth-order valence-corrected chi connectivity index (χ4v) is 4.42. The average Bonchev–Trinajstić information content (AvgIpc) is 3.18. The number of nitro benzene ring substituents is 1. The Morgan fingerprint density at radius 3 is 2.77 bits per heavy atom. The van der Waals surface area contributed by atoms with Gasteiger partial charge in [-0.3, -0.25) is 19.7 Å². The number of anilines is 1. The minimum Gasteiger partial charge on any atom is -0.324 e. The van der Waals surface area contributed by atoms with Crippen LogP contribution in [0.25, 0.3) is 0 Å². The summed E-state index contributed by atoms with van der Waals surface area (Å²) in [5.41, 5.74) is 0.375. The molecule has 0 radical (unpaired) electrons. The summed E-state index contributed by atoms with van der Waals surface area (Å²) in [6, 6.07) is 10.2. The first kappa shape index (κ1) is 20.0. The largest absolute Gasteiger partial charge is 0.324 e. The summed E-state index contributed by atoms with van der Waals surface area (Å²) in [7, 11) is 0. The summed E-state index contributed by atoms with van der Waals surface area (Å²) in [6.07, 6.45) is 0. The molecule has 0 bridgehead atoms. The zero-order chi connectivity index (χ0) is 21.4. The van der Waals surface area contributed by atoms with Crippen LogP contribution in [0.3, 0.4) is 0 Å². The van der Waals surface area contributed by atoms with E-state index >= 15 is 0 Å². The number of benzene rings is 2. The lowest BCUT2D eigenvalue weighted by atomic mass is 10.0. The van der Waals surface area contributed by atoms with Crippen LogP contribution < -0.4 is 5.32 Å². The van der Waals surface area contributed by atoms with Gasteiger partial charge in [-0.05, 0) is 35.7 Å². The molecular formula is C20H13ClFN3O4S. The molecule has 1 aliphatic rings. The van der Waals surface area contributed by atoms with Crippen molar-refractivity contribution >= 4 is 46.1 Å². The van der Waals surface area contributed by atoms with Crippen LogP contribution in [0.2, 0.25) is 5.02 Å². The summed E-state index contributed by atoms with van der Waals surface area (Å²) in [5, 5.41) is 15.7. The molecule has 2 amide bonds. The van der Waals surface area contributed by atoms with Crippen LogP contribution in [0.5, 0.6) is 0 Å². The van der Waals surface area contributed by atoms with E-state index < -0.39 is 28.6 Å². The predicted molar refractivity (Wildman–Crippen MR) is 110 cm³/mol. The molecule has 152 valence electrons. The SMILES string of the molecule is O=C1CN(C(=O)c2cc([N+](=O)[O-])ccc2Cl)C(c2cccs2)c2cc(F)ccc2N1. The molecule has 1 unspecified atom stereocenters. The number of nitro groups is 1. The molecule has 1 aromatic heterocycles. The van der Waals surface area contributed by atoms with Crippen LogP contribution in [0.4, 0.5) is 15.8 Å². The molecule has 2 aromatic carbocycles. The lowest BCUT2D eigenvalue weighted by Gasteiger charge is -2.29. The van der Waals surface area contributed by atoms with Gasteiger partial charge in [0.25, 0.3) is 11.6 Å². The number of nitrogens with zero attached hydrogens (tertiary/aromatic N) is 2. The van der Waals surface area contributed by atoms with E-state index in [1.165, 1.54) is 46.6 Å². The molecule has 0 aliphatic carbocycles. The summed E-state index contributed by atoms with van der Waals surface area (Å²) in [6.45, 7) is -0.337. The maximum atomic E-state index is 14.1. The van der Waals surface area contributed by atoms with Crippen LogP contribution in [-0.2, 0) is 4.79 Å². The van der Waals surface area contributed by atoms with Gasteiger partial charge < -0.3 is 10.2 Å². The van der Waals surface area contributed by atoms with Gasteiger partial charge >= 0.3 is 0 Å². The Hall–Kier alpha value is -3.30. The van der Waals surface area contributed by atoms with Crippen molar-refractivity contribution in [3.05, 3.63) is 90.9 Å². The Balaban J connectivity index is 1.89. The molecule has 2 heterocycles. The molecule has 10 heteroatoms. The highest BCUT2D eigenvalue weighted by atomic mass is 35.5.